The van der Waals surface area contributed by atoms with Crippen LogP contribution in [0.5, 0.6) is 11.5 Å². The van der Waals surface area contributed by atoms with Crippen LogP contribution in [-0.4, -0.2) is 37.6 Å². The van der Waals surface area contributed by atoms with E-state index < -0.39 is 0 Å². The van der Waals surface area contributed by atoms with Crippen molar-refractivity contribution in [1.82, 2.24) is 10.3 Å². The zero-order valence-corrected chi connectivity index (χ0v) is 26.7. The van der Waals surface area contributed by atoms with E-state index in [4.69, 9.17) is 31.8 Å². The number of fused-ring (bicyclic) bond motifs is 1. The molecule has 3 aromatic carbocycles. The molecule has 0 saturated carbocycles. The molecule has 8 nitrogen and oxygen atoms in total. The first-order chi connectivity index (χ1) is 20.7. The number of aromatic nitrogens is 1. The number of halogens is 2. The van der Waals surface area contributed by atoms with Crippen LogP contribution in [0.3, 0.4) is 0 Å². The summed E-state index contributed by atoms with van der Waals surface area (Å²) < 4.78 is 11.6. The van der Waals surface area contributed by atoms with Crippen molar-refractivity contribution < 1.29 is 19.1 Å². The lowest BCUT2D eigenvalue weighted by Gasteiger charge is -2.15. The molecule has 5 rings (SSSR count). The number of rotatable bonds is 9. The van der Waals surface area contributed by atoms with Gasteiger partial charge in [0.25, 0.3) is 11.8 Å². The highest BCUT2D eigenvalue weighted by Gasteiger charge is 2.26. The van der Waals surface area contributed by atoms with Crippen molar-refractivity contribution in [3.63, 3.8) is 0 Å². The standard InChI is InChI=1S/C32H28BrClN4O4S/c1-17-25(30(39)38-22-11-9-21(34)10-12-22)26(19-5-7-20(33)8-6-19)27-28(35)29(43-32(27)37-17)31(40)36-15-14-18-4-13-23(41-2)24(16-18)42-3/h4-13,16H,14-15,35H2,1-3H3,(H,36,40)(H,38,39). The van der Waals surface area contributed by atoms with Crippen molar-refractivity contribution in [2.24, 2.45) is 0 Å². The molecular formula is C32H28BrClN4O4S. The second-order valence-electron chi connectivity index (χ2n) is 9.64. The fourth-order valence-electron chi connectivity index (χ4n) is 4.78. The number of nitrogens with zero attached hydrogens (tertiary/aromatic N) is 1. The molecule has 0 atom stereocenters. The van der Waals surface area contributed by atoms with Crippen LogP contribution in [0.4, 0.5) is 11.4 Å². The average Bonchev–Trinajstić information content (AvgIpc) is 3.33. The smallest absolute Gasteiger partial charge is 0.263 e. The number of nitrogens with one attached hydrogen (secondary N) is 2. The number of benzene rings is 3. The summed E-state index contributed by atoms with van der Waals surface area (Å²) in [6.07, 6.45) is 0.577. The predicted octanol–water partition coefficient (Wildman–Crippen LogP) is 7.51. The third kappa shape index (κ3) is 6.46. The molecule has 11 heteroatoms. The number of nitrogens with two attached hydrogens (primary N) is 1. The Kier molecular flexibility index (Phi) is 9.19. The Morgan fingerprint density at radius 1 is 0.977 bits per heavy atom. The van der Waals surface area contributed by atoms with Gasteiger partial charge in [-0.05, 0) is 73.0 Å². The summed E-state index contributed by atoms with van der Waals surface area (Å²) in [6, 6.07) is 20.1. The Morgan fingerprint density at radius 2 is 1.67 bits per heavy atom. The van der Waals surface area contributed by atoms with Gasteiger partial charge in [0.2, 0.25) is 0 Å². The van der Waals surface area contributed by atoms with Crippen LogP contribution < -0.4 is 25.8 Å². The van der Waals surface area contributed by atoms with Gasteiger partial charge in [0.15, 0.2) is 11.5 Å². The molecule has 0 fully saturated rings. The fraction of sp³-hybridized carbons (Fsp3) is 0.156. The van der Waals surface area contributed by atoms with Crippen molar-refractivity contribution in [2.75, 3.05) is 31.8 Å². The zero-order valence-electron chi connectivity index (χ0n) is 23.6. The van der Waals surface area contributed by atoms with E-state index in [0.717, 1.165) is 15.6 Å². The first-order valence-corrected chi connectivity index (χ1v) is 15.2. The summed E-state index contributed by atoms with van der Waals surface area (Å²) in [4.78, 5) is 32.7. The minimum absolute atomic E-state index is 0.273. The van der Waals surface area contributed by atoms with Gasteiger partial charge in [-0.1, -0.05) is 45.7 Å². The van der Waals surface area contributed by atoms with E-state index in [0.29, 0.717) is 67.1 Å². The third-order valence-corrected chi connectivity index (χ3v) is 8.75. The first kappa shape index (κ1) is 30.3. The quantitative estimate of drug-likeness (QED) is 0.149. The van der Waals surface area contributed by atoms with Crippen molar-refractivity contribution >= 4 is 72.3 Å². The van der Waals surface area contributed by atoms with E-state index in [-0.39, 0.29) is 17.5 Å². The Bertz CT molecular complexity index is 1820. The second kappa shape index (κ2) is 13.0. The highest BCUT2D eigenvalue weighted by atomic mass is 79.9. The van der Waals surface area contributed by atoms with Gasteiger partial charge in [0, 0.05) is 32.7 Å². The summed E-state index contributed by atoms with van der Waals surface area (Å²) in [6.45, 7) is 2.15. The maximum atomic E-state index is 13.7. The van der Waals surface area contributed by atoms with Crippen LogP contribution in [0.15, 0.2) is 71.2 Å². The van der Waals surface area contributed by atoms with Crippen LogP contribution >= 0.6 is 38.9 Å². The highest BCUT2D eigenvalue weighted by Crippen LogP contribution is 2.42. The number of pyridine rings is 1. The Morgan fingerprint density at radius 3 is 2.35 bits per heavy atom. The van der Waals surface area contributed by atoms with Gasteiger partial charge < -0.3 is 25.8 Å². The van der Waals surface area contributed by atoms with Gasteiger partial charge in [-0.25, -0.2) is 4.98 Å². The molecule has 0 spiro atoms. The van der Waals surface area contributed by atoms with Crippen molar-refractivity contribution in [1.29, 1.82) is 0 Å². The number of nitrogen functional groups attached to an aromatic ring is 1. The summed E-state index contributed by atoms with van der Waals surface area (Å²) in [5, 5.41) is 7.03. The number of thiophene rings is 1. The van der Waals surface area contributed by atoms with Crippen molar-refractivity contribution in [3.05, 3.63) is 97.9 Å². The molecule has 0 aliphatic carbocycles. The molecule has 4 N–H and O–H groups in total. The predicted molar refractivity (Wildman–Crippen MR) is 177 cm³/mol. The number of ether oxygens (including phenoxy) is 2. The SMILES string of the molecule is COc1ccc(CCNC(=O)c2sc3nc(C)c(C(=O)Nc4ccc(Cl)cc4)c(-c4ccc(Br)cc4)c3c2N)cc1OC. The molecule has 220 valence electrons. The van der Waals surface area contributed by atoms with E-state index in [1.807, 2.05) is 42.5 Å². The van der Waals surface area contributed by atoms with E-state index in [1.165, 1.54) is 11.3 Å². The second-order valence-corrected chi connectivity index (χ2v) is 12.0. The molecule has 2 heterocycles. The Hall–Kier alpha value is -4.12. The molecule has 0 saturated heterocycles. The van der Waals surface area contributed by atoms with Crippen LogP contribution in [-0.2, 0) is 6.42 Å². The lowest BCUT2D eigenvalue weighted by atomic mass is 9.94. The molecule has 2 aromatic heterocycles. The van der Waals surface area contributed by atoms with E-state index in [1.54, 1.807) is 45.4 Å². The maximum Gasteiger partial charge on any atom is 0.263 e. The van der Waals surface area contributed by atoms with Crippen LogP contribution in [0.25, 0.3) is 21.3 Å². The van der Waals surface area contributed by atoms with Gasteiger partial charge in [0.1, 0.15) is 9.71 Å². The molecule has 0 radical (unpaired) electrons. The zero-order chi connectivity index (χ0) is 30.7. The number of hydrogen-bond acceptors (Lipinski definition) is 7. The number of hydrogen-bond donors (Lipinski definition) is 3. The molecular weight excluding hydrogens is 652 g/mol. The number of anilines is 2. The Labute approximate surface area is 266 Å². The van der Waals surface area contributed by atoms with Crippen molar-refractivity contribution in [2.45, 2.75) is 13.3 Å². The molecule has 0 aliphatic heterocycles. The molecule has 0 bridgehead atoms. The summed E-state index contributed by atoms with van der Waals surface area (Å²) in [5.41, 5.74) is 10.8. The number of amides is 2. The van der Waals surface area contributed by atoms with Gasteiger partial charge in [-0.3, -0.25) is 9.59 Å². The van der Waals surface area contributed by atoms with Gasteiger partial charge in [0.05, 0.1) is 31.2 Å². The van der Waals surface area contributed by atoms with Gasteiger partial charge >= 0.3 is 0 Å². The normalized spacial score (nSPS) is 10.9. The minimum atomic E-state index is -0.348. The monoisotopic (exact) mass is 678 g/mol. The lowest BCUT2D eigenvalue weighted by molar-refractivity contribution is 0.0958. The lowest BCUT2D eigenvalue weighted by Crippen LogP contribution is -2.25. The van der Waals surface area contributed by atoms with Crippen LogP contribution in [0, 0.1) is 6.92 Å². The Balaban J connectivity index is 1.49. The minimum Gasteiger partial charge on any atom is -0.493 e. The summed E-state index contributed by atoms with van der Waals surface area (Å²) in [7, 11) is 3.17. The van der Waals surface area contributed by atoms with E-state index >= 15 is 0 Å². The summed E-state index contributed by atoms with van der Waals surface area (Å²) in [5.74, 6) is 0.600. The van der Waals surface area contributed by atoms with Crippen molar-refractivity contribution in [3.8, 4) is 22.6 Å². The highest BCUT2D eigenvalue weighted by molar-refractivity contribution is 9.10. The molecule has 2 amide bonds. The average molecular weight is 680 g/mol. The largest absolute Gasteiger partial charge is 0.493 e. The number of aryl methyl sites for hydroxylation is 1. The topological polar surface area (TPSA) is 116 Å². The third-order valence-electron chi connectivity index (χ3n) is 6.87. The summed E-state index contributed by atoms with van der Waals surface area (Å²) >= 11 is 10.7. The van der Waals surface area contributed by atoms with Crippen LogP contribution in [0.1, 0.15) is 31.3 Å². The number of methoxy groups -OCH3 is 2. The van der Waals surface area contributed by atoms with E-state index in [9.17, 15) is 9.59 Å². The van der Waals surface area contributed by atoms with E-state index in [2.05, 4.69) is 26.6 Å². The van der Waals surface area contributed by atoms with Crippen LogP contribution in [0.2, 0.25) is 5.02 Å². The van der Waals surface area contributed by atoms with Gasteiger partial charge in [-0.15, -0.1) is 11.3 Å². The maximum absolute atomic E-state index is 13.7. The molecule has 0 aliphatic rings. The first-order valence-electron chi connectivity index (χ1n) is 13.2. The molecule has 5 aromatic rings. The molecule has 0 unspecified atom stereocenters. The number of carbonyl (C=O) groups excluding carboxylic acids is 2. The van der Waals surface area contributed by atoms with Gasteiger partial charge in [-0.2, -0.15) is 0 Å². The fourth-order valence-corrected chi connectivity index (χ4v) is 6.24. The molecule has 43 heavy (non-hydrogen) atoms. The number of carbonyl (C=O) groups is 2.